The fraction of sp³-hybridized carbons (Fsp3) is 0.0435. The average molecular weight is 570 g/mol. The summed E-state index contributed by atoms with van der Waals surface area (Å²) in [5, 5.41) is 43.7. The highest BCUT2D eigenvalue weighted by molar-refractivity contribution is 5.95. The number of hydrogen-bond donors (Lipinski definition) is 2. The Labute approximate surface area is 228 Å². The molecule has 0 saturated carbocycles. The maximum Gasteiger partial charge on any atom is 0.286 e. The molecule has 0 aliphatic rings. The van der Waals surface area contributed by atoms with Crippen LogP contribution in [0.15, 0.2) is 54.6 Å². The summed E-state index contributed by atoms with van der Waals surface area (Å²) in [6.45, 7) is 1.26. The monoisotopic (exact) mass is 570 g/mol. The smallest absolute Gasteiger partial charge is 0.286 e. The molecule has 212 valence electrons. The van der Waals surface area contributed by atoms with E-state index >= 15 is 0 Å². The minimum absolute atomic E-state index is 0.113. The number of nitrogens with one attached hydrogen (secondary N) is 1. The maximum absolute atomic E-state index is 10.8. The second kappa shape index (κ2) is 15.1. The summed E-state index contributed by atoms with van der Waals surface area (Å²) in [4.78, 5) is 80.5. The lowest BCUT2D eigenvalue weighted by molar-refractivity contribution is -0.394. The molecule has 18 nitrogen and oxygen atoms in total. The summed E-state index contributed by atoms with van der Waals surface area (Å²) >= 11 is 0. The molecule has 0 saturated heterocycles. The topological polar surface area (TPSA) is 279 Å². The van der Waals surface area contributed by atoms with Gasteiger partial charge in [-0.1, -0.05) is 0 Å². The SMILES string of the molecule is CC(=O)Nc1cc([N+](=O)[O-])ccc1C=O.Nc1cc([N+](=O)[O-])ccc1C=O.O=Cc1ccc([N+](=O)[O-])cc1[N+](=O)[O-]. The minimum atomic E-state index is -0.837. The number of aldehydes is 3. The summed E-state index contributed by atoms with van der Waals surface area (Å²) in [6, 6.07) is 10.2. The van der Waals surface area contributed by atoms with Gasteiger partial charge in [0.05, 0.1) is 37.0 Å². The number of nitrogens with zero attached hydrogens (tertiary/aromatic N) is 4. The van der Waals surface area contributed by atoms with Crippen molar-refractivity contribution in [1.82, 2.24) is 0 Å². The first-order valence-corrected chi connectivity index (χ1v) is 10.6. The molecule has 3 rings (SSSR count). The fourth-order valence-electron chi connectivity index (χ4n) is 2.74. The van der Waals surface area contributed by atoms with Crippen LogP contribution in [0, 0.1) is 40.5 Å². The highest BCUT2D eigenvalue weighted by Crippen LogP contribution is 2.23. The van der Waals surface area contributed by atoms with Gasteiger partial charge in [0.15, 0.2) is 18.9 Å². The maximum atomic E-state index is 10.8. The standard InChI is InChI=1S/C9H8N2O4.C7H4N2O5.C7H6N2O3/c1-6(13)10-9-4-8(11(14)15)3-2-7(9)5-12;10-4-5-1-2-6(8(11)12)3-7(5)9(13)14;8-7-3-6(9(11)12)2-1-5(7)4-10/h2-5H,1H3,(H,10,13);1-4H;1-4H,8H2. The van der Waals surface area contributed by atoms with E-state index in [1.54, 1.807) is 0 Å². The molecule has 0 aliphatic carbocycles. The fourth-order valence-corrected chi connectivity index (χ4v) is 2.74. The quantitative estimate of drug-likeness (QED) is 0.169. The van der Waals surface area contributed by atoms with Gasteiger partial charge >= 0.3 is 0 Å². The van der Waals surface area contributed by atoms with Gasteiger partial charge < -0.3 is 11.1 Å². The van der Waals surface area contributed by atoms with E-state index in [0.717, 1.165) is 30.3 Å². The highest BCUT2D eigenvalue weighted by atomic mass is 16.6. The largest absolute Gasteiger partial charge is 0.398 e. The summed E-state index contributed by atoms with van der Waals surface area (Å²) in [5.41, 5.74) is 4.63. The van der Waals surface area contributed by atoms with E-state index in [1.807, 2.05) is 0 Å². The Kier molecular flexibility index (Phi) is 12.0. The van der Waals surface area contributed by atoms with Crippen molar-refractivity contribution < 1.29 is 38.9 Å². The van der Waals surface area contributed by atoms with Crippen LogP contribution in [-0.2, 0) is 4.79 Å². The third kappa shape index (κ3) is 9.74. The van der Waals surface area contributed by atoms with E-state index < -0.39 is 37.0 Å². The molecule has 0 unspecified atom stereocenters. The van der Waals surface area contributed by atoms with Crippen LogP contribution in [0.25, 0.3) is 0 Å². The number of non-ortho nitro benzene ring substituents is 3. The van der Waals surface area contributed by atoms with Crippen molar-refractivity contribution in [3.63, 3.8) is 0 Å². The summed E-state index contributed by atoms with van der Waals surface area (Å²) in [5.74, 6) is -0.390. The number of carbonyl (C=O) groups excluding carboxylic acids is 4. The van der Waals surface area contributed by atoms with E-state index in [4.69, 9.17) is 5.73 Å². The number of nitro groups is 4. The van der Waals surface area contributed by atoms with Crippen molar-refractivity contribution >= 4 is 58.9 Å². The molecule has 0 aliphatic heterocycles. The van der Waals surface area contributed by atoms with Crippen LogP contribution >= 0.6 is 0 Å². The van der Waals surface area contributed by atoms with Gasteiger partial charge in [0, 0.05) is 54.1 Å². The minimum Gasteiger partial charge on any atom is -0.398 e. The van der Waals surface area contributed by atoms with E-state index in [2.05, 4.69) is 5.32 Å². The molecule has 0 fully saturated rings. The van der Waals surface area contributed by atoms with Crippen LogP contribution in [0.1, 0.15) is 38.0 Å². The number of nitrogens with two attached hydrogens (primary N) is 1. The van der Waals surface area contributed by atoms with Crippen molar-refractivity contribution in [1.29, 1.82) is 0 Å². The van der Waals surface area contributed by atoms with Gasteiger partial charge in [0.2, 0.25) is 5.91 Å². The van der Waals surface area contributed by atoms with E-state index in [1.165, 1.54) is 31.2 Å². The lowest BCUT2D eigenvalue weighted by atomic mass is 10.1. The second-order valence-electron chi connectivity index (χ2n) is 7.39. The molecule has 41 heavy (non-hydrogen) atoms. The molecule has 0 aromatic heterocycles. The van der Waals surface area contributed by atoms with Crippen molar-refractivity contribution in [3.8, 4) is 0 Å². The Balaban J connectivity index is 0.000000309. The first kappa shape index (κ1) is 32.6. The second-order valence-corrected chi connectivity index (χ2v) is 7.39. The Bertz CT molecular complexity index is 1540. The van der Waals surface area contributed by atoms with Crippen molar-refractivity contribution in [2.75, 3.05) is 11.1 Å². The molecule has 1 amide bonds. The Morgan fingerprint density at radius 3 is 1.46 bits per heavy atom. The number of carbonyl (C=O) groups is 4. The number of nitrogen functional groups attached to an aromatic ring is 1. The van der Waals surface area contributed by atoms with Crippen LogP contribution in [0.2, 0.25) is 0 Å². The Morgan fingerprint density at radius 1 is 0.659 bits per heavy atom. The molecule has 3 aromatic rings. The molecule has 3 N–H and O–H groups in total. The average Bonchev–Trinajstić information content (AvgIpc) is 2.92. The van der Waals surface area contributed by atoms with E-state index in [-0.39, 0.29) is 45.7 Å². The molecule has 0 atom stereocenters. The van der Waals surface area contributed by atoms with Gasteiger partial charge in [-0.2, -0.15) is 0 Å². The van der Waals surface area contributed by atoms with Crippen molar-refractivity contribution in [2.24, 2.45) is 0 Å². The summed E-state index contributed by atoms with van der Waals surface area (Å²) in [7, 11) is 0. The van der Waals surface area contributed by atoms with E-state index in [9.17, 15) is 59.6 Å². The number of anilines is 2. The van der Waals surface area contributed by atoms with Gasteiger partial charge in [0.25, 0.3) is 22.7 Å². The lowest BCUT2D eigenvalue weighted by Gasteiger charge is -2.04. The number of rotatable bonds is 8. The van der Waals surface area contributed by atoms with Crippen LogP contribution in [0.4, 0.5) is 34.1 Å². The van der Waals surface area contributed by atoms with Crippen LogP contribution in [0.3, 0.4) is 0 Å². The number of benzene rings is 3. The summed E-state index contributed by atoms with van der Waals surface area (Å²) in [6.07, 6.45) is 1.36. The van der Waals surface area contributed by atoms with Crippen LogP contribution < -0.4 is 11.1 Å². The third-order valence-electron chi connectivity index (χ3n) is 4.64. The molecule has 3 aromatic carbocycles. The zero-order valence-corrected chi connectivity index (χ0v) is 20.7. The normalized spacial score (nSPS) is 9.39. The van der Waals surface area contributed by atoms with Gasteiger partial charge in [-0.25, -0.2) is 0 Å². The van der Waals surface area contributed by atoms with Gasteiger partial charge in [-0.05, 0) is 18.2 Å². The first-order valence-electron chi connectivity index (χ1n) is 10.6. The summed E-state index contributed by atoms with van der Waals surface area (Å²) < 4.78 is 0. The van der Waals surface area contributed by atoms with Crippen molar-refractivity contribution in [3.05, 3.63) is 112 Å². The molecular weight excluding hydrogens is 552 g/mol. The Hall–Kier alpha value is -6.46. The molecule has 0 bridgehead atoms. The van der Waals surface area contributed by atoms with Crippen molar-refractivity contribution in [2.45, 2.75) is 6.92 Å². The number of nitro benzene ring substituents is 4. The van der Waals surface area contributed by atoms with Crippen LogP contribution in [0.5, 0.6) is 0 Å². The zero-order chi connectivity index (χ0) is 31.3. The van der Waals surface area contributed by atoms with Gasteiger partial charge in [-0.15, -0.1) is 0 Å². The first-order chi connectivity index (χ1) is 19.2. The highest BCUT2D eigenvalue weighted by Gasteiger charge is 2.18. The zero-order valence-electron chi connectivity index (χ0n) is 20.7. The Morgan fingerprint density at radius 2 is 1.07 bits per heavy atom. The van der Waals surface area contributed by atoms with Gasteiger partial charge in [-0.3, -0.25) is 59.6 Å². The third-order valence-corrected chi connectivity index (χ3v) is 4.64. The molecular formula is C23H18N6O12. The predicted octanol–water partition coefficient (Wildman–Crippen LogP) is 3.67. The van der Waals surface area contributed by atoms with Crippen LogP contribution in [-0.4, -0.2) is 44.5 Å². The molecule has 0 radical (unpaired) electrons. The van der Waals surface area contributed by atoms with Gasteiger partial charge in [0.1, 0.15) is 0 Å². The molecule has 0 spiro atoms. The predicted molar refractivity (Wildman–Crippen MR) is 141 cm³/mol. The van der Waals surface area contributed by atoms with E-state index in [0.29, 0.717) is 12.6 Å². The number of hydrogen-bond acceptors (Lipinski definition) is 13. The lowest BCUT2D eigenvalue weighted by Crippen LogP contribution is -2.08. The molecule has 18 heteroatoms. The number of amides is 1. The molecule has 0 heterocycles.